The topological polar surface area (TPSA) is 33.1 Å². The molecule has 2 heterocycles. The van der Waals surface area contributed by atoms with E-state index in [4.69, 9.17) is 0 Å². The number of likely N-dealkylation sites (tertiary alicyclic amines) is 1. The molecule has 0 amide bonds. The quantitative estimate of drug-likeness (QED) is 0.883. The van der Waals surface area contributed by atoms with Crippen LogP contribution < -0.4 is 5.32 Å². The van der Waals surface area contributed by atoms with E-state index in [0.717, 1.165) is 24.7 Å². The van der Waals surface area contributed by atoms with Gasteiger partial charge in [0, 0.05) is 32.2 Å². The van der Waals surface area contributed by atoms with Crippen molar-refractivity contribution in [2.75, 3.05) is 20.1 Å². The molecule has 2 rings (SSSR count). The Bertz CT molecular complexity index is 399. The van der Waals surface area contributed by atoms with Crippen LogP contribution in [0.15, 0.2) is 6.07 Å². The Morgan fingerprint density at radius 2 is 2.21 bits per heavy atom. The highest BCUT2D eigenvalue weighted by atomic mass is 15.3. The molecule has 1 aromatic heterocycles. The number of rotatable bonds is 5. The highest BCUT2D eigenvalue weighted by molar-refractivity contribution is 5.09. The first-order valence-electron chi connectivity index (χ1n) is 7.60. The fourth-order valence-corrected chi connectivity index (χ4v) is 3.27. The molecule has 1 saturated heterocycles. The van der Waals surface area contributed by atoms with E-state index >= 15 is 0 Å². The predicted octanol–water partition coefficient (Wildman–Crippen LogP) is 2.03. The number of nitrogens with zero attached hydrogens (tertiary/aromatic N) is 3. The first kappa shape index (κ1) is 14.5. The molecule has 0 spiro atoms. The fraction of sp³-hybridized carbons (Fsp3) is 0.800. The van der Waals surface area contributed by atoms with E-state index in [1.54, 1.807) is 0 Å². The fourth-order valence-electron chi connectivity index (χ4n) is 3.27. The summed E-state index contributed by atoms with van der Waals surface area (Å²) in [6.07, 6.45) is 2.52. The monoisotopic (exact) mass is 264 g/mol. The van der Waals surface area contributed by atoms with Crippen molar-refractivity contribution in [3.63, 3.8) is 0 Å². The minimum atomic E-state index is 0.694. The summed E-state index contributed by atoms with van der Waals surface area (Å²) in [4.78, 5) is 2.59. The molecule has 0 aromatic carbocycles. The molecular formula is C15H28N4. The van der Waals surface area contributed by atoms with Crippen LogP contribution in [0.1, 0.15) is 38.1 Å². The Balaban J connectivity index is 1.99. The molecule has 0 radical (unpaired) electrons. The molecule has 0 aliphatic carbocycles. The summed E-state index contributed by atoms with van der Waals surface area (Å²) in [5.74, 6) is 0.776. The largest absolute Gasteiger partial charge is 0.317 e. The number of piperidine rings is 1. The summed E-state index contributed by atoms with van der Waals surface area (Å²) >= 11 is 0. The van der Waals surface area contributed by atoms with Crippen LogP contribution in [0.4, 0.5) is 0 Å². The van der Waals surface area contributed by atoms with E-state index < -0.39 is 0 Å². The van der Waals surface area contributed by atoms with E-state index in [2.05, 4.69) is 53.9 Å². The van der Waals surface area contributed by atoms with Crippen molar-refractivity contribution in [2.24, 2.45) is 5.92 Å². The van der Waals surface area contributed by atoms with Gasteiger partial charge in [-0.2, -0.15) is 5.10 Å². The van der Waals surface area contributed by atoms with Crippen LogP contribution >= 0.6 is 0 Å². The number of aryl methyl sites for hydroxylation is 2. The predicted molar refractivity (Wildman–Crippen MR) is 79.2 cm³/mol. The second-order valence-electron chi connectivity index (χ2n) is 5.68. The second-order valence-corrected chi connectivity index (χ2v) is 5.68. The molecule has 4 nitrogen and oxygen atoms in total. The van der Waals surface area contributed by atoms with Crippen LogP contribution in [0.3, 0.4) is 0 Å². The Hall–Kier alpha value is -0.870. The zero-order chi connectivity index (χ0) is 13.8. The van der Waals surface area contributed by atoms with Gasteiger partial charge < -0.3 is 5.32 Å². The molecule has 0 saturated carbocycles. The maximum Gasteiger partial charge on any atom is 0.0597 e. The van der Waals surface area contributed by atoms with Gasteiger partial charge >= 0.3 is 0 Å². The van der Waals surface area contributed by atoms with Crippen molar-refractivity contribution in [2.45, 2.75) is 52.7 Å². The summed E-state index contributed by atoms with van der Waals surface area (Å²) < 4.78 is 2.14. The maximum absolute atomic E-state index is 4.54. The van der Waals surface area contributed by atoms with Crippen LogP contribution in [0.25, 0.3) is 0 Å². The lowest BCUT2D eigenvalue weighted by Gasteiger charge is -2.38. The number of hydrogen-bond donors (Lipinski definition) is 1. The van der Waals surface area contributed by atoms with Crippen molar-refractivity contribution in [3.05, 3.63) is 17.5 Å². The minimum Gasteiger partial charge on any atom is -0.317 e. The molecule has 108 valence electrons. The van der Waals surface area contributed by atoms with Crippen LogP contribution in [0.2, 0.25) is 0 Å². The average molecular weight is 264 g/mol. The van der Waals surface area contributed by atoms with Gasteiger partial charge in [-0.05, 0) is 39.3 Å². The summed E-state index contributed by atoms with van der Waals surface area (Å²) in [5, 5.41) is 8.01. The first-order chi connectivity index (χ1) is 9.17. The summed E-state index contributed by atoms with van der Waals surface area (Å²) in [5.41, 5.74) is 2.49. The van der Waals surface area contributed by atoms with Crippen molar-refractivity contribution in [1.82, 2.24) is 20.0 Å². The SMILES string of the molecule is CCC1CN(Cc2cc(C)nn2CC)CCC1NC. The molecular weight excluding hydrogens is 236 g/mol. The standard InChI is InChI=1S/C15H28N4/c1-5-13-10-18(8-7-15(13)16-4)11-14-9-12(3)17-19(14)6-2/h9,13,15-16H,5-8,10-11H2,1-4H3. The lowest BCUT2D eigenvalue weighted by atomic mass is 9.90. The Labute approximate surface area is 117 Å². The number of nitrogens with one attached hydrogen (secondary N) is 1. The van der Waals surface area contributed by atoms with Crippen LogP contribution in [-0.2, 0) is 13.1 Å². The van der Waals surface area contributed by atoms with E-state index in [0.29, 0.717) is 6.04 Å². The average Bonchev–Trinajstić information content (AvgIpc) is 2.78. The van der Waals surface area contributed by atoms with E-state index in [1.807, 2.05) is 0 Å². The van der Waals surface area contributed by atoms with Crippen LogP contribution in [-0.4, -0.2) is 40.9 Å². The molecule has 1 N–H and O–H groups in total. The molecule has 1 aliphatic heterocycles. The summed E-state index contributed by atoms with van der Waals surface area (Å²) in [6.45, 7) is 11.0. The van der Waals surface area contributed by atoms with E-state index in [9.17, 15) is 0 Å². The molecule has 4 heteroatoms. The normalized spacial score (nSPS) is 24.8. The first-order valence-corrected chi connectivity index (χ1v) is 7.60. The third-order valence-electron chi connectivity index (χ3n) is 4.38. The van der Waals surface area contributed by atoms with Crippen molar-refractivity contribution in [3.8, 4) is 0 Å². The molecule has 1 aromatic rings. The smallest absolute Gasteiger partial charge is 0.0597 e. The summed E-state index contributed by atoms with van der Waals surface area (Å²) in [6, 6.07) is 2.92. The van der Waals surface area contributed by atoms with Crippen LogP contribution in [0, 0.1) is 12.8 Å². The van der Waals surface area contributed by atoms with E-state index in [-0.39, 0.29) is 0 Å². The molecule has 0 bridgehead atoms. The van der Waals surface area contributed by atoms with Crippen molar-refractivity contribution < 1.29 is 0 Å². The molecule has 19 heavy (non-hydrogen) atoms. The third-order valence-corrected chi connectivity index (χ3v) is 4.38. The highest BCUT2D eigenvalue weighted by Crippen LogP contribution is 2.21. The van der Waals surface area contributed by atoms with E-state index in [1.165, 1.54) is 31.6 Å². The molecule has 1 aliphatic rings. The lowest BCUT2D eigenvalue weighted by molar-refractivity contribution is 0.129. The van der Waals surface area contributed by atoms with Gasteiger partial charge in [-0.15, -0.1) is 0 Å². The lowest BCUT2D eigenvalue weighted by Crippen LogP contribution is -2.47. The van der Waals surface area contributed by atoms with Gasteiger partial charge in [0.15, 0.2) is 0 Å². The minimum absolute atomic E-state index is 0.694. The number of aromatic nitrogens is 2. The second kappa shape index (κ2) is 6.53. The zero-order valence-corrected chi connectivity index (χ0v) is 12.8. The van der Waals surface area contributed by atoms with Gasteiger partial charge in [0.25, 0.3) is 0 Å². The Morgan fingerprint density at radius 3 is 2.84 bits per heavy atom. The van der Waals surface area contributed by atoms with Gasteiger partial charge in [-0.1, -0.05) is 13.3 Å². The van der Waals surface area contributed by atoms with Gasteiger partial charge in [-0.3, -0.25) is 9.58 Å². The van der Waals surface area contributed by atoms with Gasteiger partial charge in [-0.25, -0.2) is 0 Å². The third kappa shape index (κ3) is 3.37. The van der Waals surface area contributed by atoms with Crippen molar-refractivity contribution >= 4 is 0 Å². The van der Waals surface area contributed by atoms with Gasteiger partial charge in [0.2, 0.25) is 0 Å². The molecule has 1 fully saturated rings. The van der Waals surface area contributed by atoms with Gasteiger partial charge in [0.05, 0.1) is 11.4 Å². The maximum atomic E-state index is 4.54. The van der Waals surface area contributed by atoms with Crippen molar-refractivity contribution in [1.29, 1.82) is 0 Å². The molecule has 2 atom stereocenters. The zero-order valence-electron chi connectivity index (χ0n) is 12.8. The molecule has 2 unspecified atom stereocenters. The Morgan fingerprint density at radius 1 is 1.42 bits per heavy atom. The Kier molecular flexibility index (Phi) is 4.99. The highest BCUT2D eigenvalue weighted by Gasteiger charge is 2.27. The van der Waals surface area contributed by atoms with Gasteiger partial charge in [0.1, 0.15) is 0 Å². The summed E-state index contributed by atoms with van der Waals surface area (Å²) in [7, 11) is 2.10. The number of hydrogen-bond acceptors (Lipinski definition) is 3. The van der Waals surface area contributed by atoms with Crippen LogP contribution in [0.5, 0.6) is 0 Å².